The van der Waals surface area contributed by atoms with Gasteiger partial charge in [0.1, 0.15) is 12.1 Å². The molecule has 2 aromatic carbocycles. The average molecular weight is 474 g/mol. The molecule has 0 bridgehead atoms. The summed E-state index contributed by atoms with van der Waals surface area (Å²) in [7, 11) is 0. The maximum absolute atomic E-state index is 13.3. The molecule has 0 saturated heterocycles. The summed E-state index contributed by atoms with van der Waals surface area (Å²) in [5.41, 5.74) is 0.389. The van der Waals surface area contributed by atoms with Crippen molar-refractivity contribution in [2.75, 3.05) is 5.32 Å². The number of halogens is 3. The second kappa shape index (κ2) is 9.05. The monoisotopic (exact) mass is 473 g/mol. The number of hydrogen-bond acceptors (Lipinski definition) is 4. The first-order valence-electron chi connectivity index (χ1n) is 10.4. The van der Waals surface area contributed by atoms with E-state index in [1.807, 2.05) is 26.0 Å². The van der Waals surface area contributed by atoms with Crippen molar-refractivity contribution in [2.45, 2.75) is 55.1 Å². The zero-order valence-corrected chi connectivity index (χ0v) is 18.9. The maximum atomic E-state index is 13.3. The third-order valence-corrected chi connectivity index (χ3v) is 6.46. The number of anilines is 1. The highest BCUT2D eigenvalue weighted by atomic mass is 32.2. The second-order valence-electron chi connectivity index (χ2n) is 8.16. The number of hydrogen-bond donors (Lipinski definition) is 1. The Bertz CT molecular complexity index is 1250. The van der Waals surface area contributed by atoms with Crippen LogP contribution in [0.3, 0.4) is 0 Å². The Balaban J connectivity index is 1.46. The van der Waals surface area contributed by atoms with Crippen LogP contribution in [0.5, 0.6) is 0 Å². The first-order chi connectivity index (χ1) is 15.6. The fourth-order valence-corrected chi connectivity index (χ4v) is 4.34. The lowest BCUT2D eigenvalue weighted by Crippen LogP contribution is -2.35. The van der Waals surface area contributed by atoms with Gasteiger partial charge in [0.15, 0.2) is 0 Å². The molecule has 1 heterocycles. The van der Waals surface area contributed by atoms with Gasteiger partial charge in [-0.3, -0.25) is 9.59 Å². The summed E-state index contributed by atoms with van der Waals surface area (Å²) in [6.07, 6.45) is -3.35. The van der Waals surface area contributed by atoms with E-state index in [4.69, 9.17) is 0 Å². The van der Waals surface area contributed by atoms with Crippen LogP contribution in [-0.2, 0) is 17.5 Å². The number of amides is 1. The van der Waals surface area contributed by atoms with E-state index in [2.05, 4.69) is 28.6 Å². The quantitative estimate of drug-likeness (QED) is 0.510. The van der Waals surface area contributed by atoms with Crippen LogP contribution in [0, 0.1) is 13.8 Å². The van der Waals surface area contributed by atoms with Crippen molar-refractivity contribution >= 4 is 23.4 Å². The number of nitrogens with zero attached hydrogens (tertiary/aromatic N) is 2. The summed E-state index contributed by atoms with van der Waals surface area (Å²) in [4.78, 5) is 26.8. The van der Waals surface area contributed by atoms with Gasteiger partial charge in [-0.25, -0.2) is 4.68 Å². The molecule has 1 amide bonds. The Morgan fingerprint density at radius 2 is 1.82 bits per heavy atom. The molecular weight excluding hydrogens is 451 g/mol. The van der Waals surface area contributed by atoms with E-state index in [0.717, 1.165) is 39.8 Å². The Labute approximate surface area is 193 Å². The van der Waals surface area contributed by atoms with Crippen molar-refractivity contribution in [1.29, 1.82) is 0 Å². The van der Waals surface area contributed by atoms with Gasteiger partial charge in [0.05, 0.1) is 5.69 Å². The maximum Gasteiger partial charge on any atom is 0.421 e. The molecule has 0 unspecified atom stereocenters. The smallest absolute Gasteiger partial charge is 0.324 e. The number of aromatic nitrogens is 2. The van der Waals surface area contributed by atoms with Gasteiger partial charge in [-0.05, 0) is 74.2 Å². The number of aryl methyl sites for hydroxylation is 2. The summed E-state index contributed by atoms with van der Waals surface area (Å²) in [5.74, 6) is -0.719. The van der Waals surface area contributed by atoms with Crippen molar-refractivity contribution in [3.8, 4) is 0 Å². The van der Waals surface area contributed by atoms with Crippen LogP contribution in [0.2, 0.25) is 0 Å². The van der Waals surface area contributed by atoms with Crippen LogP contribution in [0.15, 0.2) is 63.1 Å². The van der Waals surface area contributed by atoms with Gasteiger partial charge >= 0.3 is 6.18 Å². The molecule has 5 nitrogen and oxygen atoms in total. The SMILES string of the molecule is Cc1ccc(C)c(Sc2ccc(NC(=O)Cn3nc(C4CC4)cc(C(F)(F)F)c3=O)cc2)c1. The first kappa shape index (κ1) is 23.1. The zero-order valence-electron chi connectivity index (χ0n) is 18.1. The van der Waals surface area contributed by atoms with E-state index >= 15 is 0 Å². The minimum absolute atomic E-state index is 0.0944. The Hall–Kier alpha value is -3.07. The minimum Gasteiger partial charge on any atom is -0.324 e. The Morgan fingerprint density at radius 3 is 2.45 bits per heavy atom. The highest BCUT2D eigenvalue weighted by Crippen LogP contribution is 2.40. The molecule has 33 heavy (non-hydrogen) atoms. The van der Waals surface area contributed by atoms with E-state index in [-0.39, 0.29) is 11.6 Å². The van der Waals surface area contributed by atoms with E-state index in [1.54, 1.807) is 23.9 Å². The third-order valence-electron chi connectivity index (χ3n) is 5.30. The van der Waals surface area contributed by atoms with Gasteiger partial charge in [0.2, 0.25) is 5.91 Å². The molecule has 1 aliphatic rings. The lowest BCUT2D eigenvalue weighted by molar-refractivity contribution is -0.139. The summed E-state index contributed by atoms with van der Waals surface area (Å²) in [6, 6.07) is 14.1. The normalized spacial score (nSPS) is 13.7. The van der Waals surface area contributed by atoms with Crippen molar-refractivity contribution in [3.63, 3.8) is 0 Å². The lowest BCUT2D eigenvalue weighted by Gasteiger charge is -2.12. The molecule has 1 N–H and O–H groups in total. The fourth-order valence-electron chi connectivity index (χ4n) is 3.34. The molecule has 9 heteroatoms. The highest BCUT2D eigenvalue weighted by Gasteiger charge is 2.37. The number of carbonyl (C=O) groups excluding carboxylic acids is 1. The van der Waals surface area contributed by atoms with E-state index in [1.165, 1.54) is 0 Å². The summed E-state index contributed by atoms with van der Waals surface area (Å²) >= 11 is 1.60. The molecule has 1 saturated carbocycles. The van der Waals surface area contributed by atoms with Gasteiger partial charge in [0, 0.05) is 21.4 Å². The predicted molar refractivity (Wildman–Crippen MR) is 121 cm³/mol. The second-order valence-corrected chi connectivity index (χ2v) is 9.28. The summed E-state index contributed by atoms with van der Waals surface area (Å²) in [6.45, 7) is 3.47. The number of rotatable bonds is 6. The van der Waals surface area contributed by atoms with Crippen LogP contribution in [0.1, 0.15) is 41.1 Å². The average Bonchev–Trinajstić information content (AvgIpc) is 3.58. The predicted octanol–water partition coefficient (Wildman–Crippen LogP) is 5.55. The van der Waals surface area contributed by atoms with Crippen LogP contribution < -0.4 is 10.9 Å². The molecule has 172 valence electrons. The van der Waals surface area contributed by atoms with Gasteiger partial charge in [0.25, 0.3) is 5.56 Å². The van der Waals surface area contributed by atoms with E-state index in [0.29, 0.717) is 10.4 Å². The standard InChI is InChI=1S/C24H22F3N3O2S/c1-14-3-4-15(2)21(11-14)33-18-9-7-17(8-10-18)28-22(31)13-30-23(32)19(24(25,26)27)12-20(29-30)16-5-6-16/h3-4,7-12,16H,5-6,13H2,1-2H3,(H,28,31). The zero-order chi connectivity index (χ0) is 23.8. The number of nitrogens with one attached hydrogen (secondary N) is 1. The van der Waals surface area contributed by atoms with Crippen LogP contribution in [0.25, 0.3) is 0 Å². The van der Waals surface area contributed by atoms with Gasteiger partial charge in [-0.2, -0.15) is 18.3 Å². The van der Waals surface area contributed by atoms with Crippen molar-refractivity contribution in [1.82, 2.24) is 9.78 Å². The molecule has 4 rings (SSSR count). The first-order valence-corrected chi connectivity index (χ1v) is 11.3. The molecule has 0 spiro atoms. The molecule has 1 aliphatic carbocycles. The van der Waals surface area contributed by atoms with Gasteiger partial charge < -0.3 is 5.32 Å². The van der Waals surface area contributed by atoms with Crippen LogP contribution in [-0.4, -0.2) is 15.7 Å². The Morgan fingerprint density at radius 1 is 1.12 bits per heavy atom. The third kappa shape index (κ3) is 5.65. The number of benzene rings is 2. The molecule has 1 fully saturated rings. The molecule has 3 aromatic rings. The molecule has 0 radical (unpaired) electrons. The summed E-state index contributed by atoms with van der Waals surface area (Å²) < 4.78 is 40.4. The van der Waals surface area contributed by atoms with Crippen LogP contribution >= 0.6 is 11.8 Å². The summed E-state index contributed by atoms with van der Waals surface area (Å²) in [5, 5.41) is 6.63. The van der Waals surface area contributed by atoms with E-state index < -0.39 is 29.8 Å². The van der Waals surface area contributed by atoms with E-state index in [9.17, 15) is 22.8 Å². The molecular formula is C24H22F3N3O2S. The highest BCUT2D eigenvalue weighted by molar-refractivity contribution is 7.99. The van der Waals surface area contributed by atoms with Gasteiger partial charge in [-0.15, -0.1) is 0 Å². The van der Waals surface area contributed by atoms with Crippen molar-refractivity contribution < 1.29 is 18.0 Å². The largest absolute Gasteiger partial charge is 0.421 e. The van der Waals surface area contributed by atoms with Crippen LogP contribution in [0.4, 0.5) is 18.9 Å². The fraction of sp³-hybridized carbons (Fsp3) is 0.292. The number of alkyl halides is 3. The van der Waals surface area contributed by atoms with Gasteiger partial charge in [-0.1, -0.05) is 23.9 Å². The topological polar surface area (TPSA) is 64.0 Å². The molecule has 1 aromatic heterocycles. The Kier molecular flexibility index (Phi) is 6.34. The van der Waals surface area contributed by atoms with Crippen molar-refractivity contribution in [2.24, 2.45) is 0 Å². The molecule has 0 aliphatic heterocycles. The minimum atomic E-state index is -4.80. The van der Waals surface area contributed by atoms with Crippen molar-refractivity contribution in [3.05, 3.63) is 81.3 Å². The lowest BCUT2D eigenvalue weighted by atomic mass is 10.2. The number of carbonyl (C=O) groups is 1. The molecule has 0 atom stereocenters.